The van der Waals surface area contributed by atoms with Crippen LogP contribution in [0, 0.1) is 5.92 Å². The van der Waals surface area contributed by atoms with Gasteiger partial charge >= 0.3 is 12.1 Å². The molecule has 1 aromatic rings. The predicted octanol–water partition coefficient (Wildman–Crippen LogP) is 3.18. The summed E-state index contributed by atoms with van der Waals surface area (Å²) in [5, 5.41) is 7.12. The Hall–Kier alpha value is -2.20. The molecule has 3 fully saturated rings. The minimum atomic E-state index is -5.08. The number of hydrogen-bond acceptors (Lipinski definition) is 5. The number of carboxylic acid groups (broad SMARTS) is 1. The van der Waals surface area contributed by atoms with Gasteiger partial charge in [0.05, 0.1) is 24.9 Å². The van der Waals surface area contributed by atoms with Gasteiger partial charge in [0, 0.05) is 38.3 Å². The highest BCUT2D eigenvalue weighted by Gasteiger charge is 2.44. The van der Waals surface area contributed by atoms with Crippen LogP contribution in [0.15, 0.2) is 24.5 Å². The zero-order valence-electron chi connectivity index (χ0n) is 17.1. The lowest BCUT2D eigenvalue weighted by Crippen LogP contribution is -2.46. The molecule has 1 unspecified atom stereocenters. The van der Waals surface area contributed by atoms with Crippen LogP contribution in [0.3, 0.4) is 0 Å². The number of aromatic nitrogens is 1. The van der Waals surface area contributed by atoms with Crippen molar-refractivity contribution in [3.8, 4) is 0 Å². The number of alkyl halides is 3. The van der Waals surface area contributed by atoms with Crippen LogP contribution in [-0.2, 0) is 25.7 Å². The fraction of sp³-hybridized carbons (Fsp3) is 0.667. The van der Waals surface area contributed by atoms with Gasteiger partial charge in [-0.1, -0.05) is 0 Å². The Morgan fingerprint density at radius 2 is 1.84 bits per heavy atom. The summed E-state index contributed by atoms with van der Waals surface area (Å²) in [7, 11) is 0. The van der Waals surface area contributed by atoms with Crippen LogP contribution in [0.5, 0.6) is 0 Å². The van der Waals surface area contributed by atoms with Crippen molar-refractivity contribution >= 4 is 11.9 Å². The number of aliphatic carboxylic acids is 1. The molecule has 1 spiro atoms. The minimum Gasteiger partial charge on any atom is -0.475 e. The topological polar surface area (TPSA) is 89.0 Å². The first-order valence-electron chi connectivity index (χ1n) is 10.4. The van der Waals surface area contributed by atoms with Crippen LogP contribution in [0.25, 0.3) is 0 Å². The number of pyridine rings is 1. The molecule has 172 valence electrons. The standard InChI is InChI=1S/C19H26N2O3.C2HF3O2/c22-18(11-15-1-2-15)21-9-5-19(6-10-21)12-17(14-24-19)23-13-16-3-7-20-8-4-16;3-2(4,5)1(6)7/h3-4,7-8,15,17H,1-2,5-6,9-14H2;(H,6,7). The molecule has 3 heterocycles. The second kappa shape index (κ2) is 9.95. The number of likely N-dealkylation sites (tertiary alicyclic amines) is 1. The van der Waals surface area contributed by atoms with Crippen molar-refractivity contribution < 1.29 is 37.3 Å². The Balaban J connectivity index is 0.000000339. The third kappa shape index (κ3) is 7.17. The number of carboxylic acids is 1. The molecule has 1 N–H and O–H groups in total. The fourth-order valence-corrected chi connectivity index (χ4v) is 3.81. The molecule has 1 amide bonds. The van der Waals surface area contributed by atoms with Crippen molar-refractivity contribution in [2.45, 2.75) is 63.0 Å². The van der Waals surface area contributed by atoms with E-state index < -0.39 is 12.1 Å². The maximum Gasteiger partial charge on any atom is 0.490 e. The van der Waals surface area contributed by atoms with Gasteiger partial charge in [0.1, 0.15) is 0 Å². The molecule has 2 aliphatic heterocycles. The summed E-state index contributed by atoms with van der Waals surface area (Å²) in [6, 6.07) is 3.96. The minimum absolute atomic E-state index is 0.0702. The van der Waals surface area contributed by atoms with Gasteiger partial charge in [-0.25, -0.2) is 4.79 Å². The number of halogens is 3. The molecule has 7 nitrogen and oxygen atoms in total. The summed E-state index contributed by atoms with van der Waals surface area (Å²) in [6.45, 7) is 2.95. The van der Waals surface area contributed by atoms with Crippen molar-refractivity contribution in [1.82, 2.24) is 9.88 Å². The molecule has 1 saturated carbocycles. The van der Waals surface area contributed by atoms with Gasteiger partial charge in [0.25, 0.3) is 0 Å². The highest BCUT2D eigenvalue weighted by atomic mass is 19.4. The van der Waals surface area contributed by atoms with Crippen LogP contribution >= 0.6 is 0 Å². The monoisotopic (exact) mass is 444 g/mol. The first kappa shape index (κ1) is 23.5. The predicted molar refractivity (Wildman–Crippen MR) is 103 cm³/mol. The first-order valence-corrected chi connectivity index (χ1v) is 10.4. The summed E-state index contributed by atoms with van der Waals surface area (Å²) in [5.74, 6) is -1.74. The number of carbonyl (C=O) groups excluding carboxylic acids is 1. The average molecular weight is 444 g/mol. The summed E-state index contributed by atoms with van der Waals surface area (Å²) < 4.78 is 43.9. The van der Waals surface area contributed by atoms with Gasteiger partial charge in [-0.2, -0.15) is 13.2 Å². The van der Waals surface area contributed by atoms with Crippen molar-refractivity contribution in [3.63, 3.8) is 0 Å². The molecule has 1 aliphatic carbocycles. The lowest BCUT2D eigenvalue weighted by Gasteiger charge is -2.38. The Morgan fingerprint density at radius 3 is 2.39 bits per heavy atom. The Kier molecular flexibility index (Phi) is 7.53. The second-order valence-electron chi connectivity index (χ2n) is 8.32. The van der Waals surface area contributed by atoms with Gasteiger partial charge in [-0.05, 0) is 49.3 Å². The van der Waals surface area contributed by atoms with Crippen molar-refractivity contribution in [1.29, 1.82) is 0 Å². The molecular weight excluding hydrogens is 417 g/mol. The smallest absolute Gasteiger partial charge is 0.475 e. The van der Waals surface area contributed by atoms with E-state index in [1.54, 1.807) is 12.4 Å². The second-order valence-corrected chi connectivity index (χ2v) is 8.32. The Morgan fingerprint density at radius 1 is 1.23 bits per heavy atom. The van der Waals surface area contributed by atoms with Gasteiger partial charge in [-0.3, -0.25) is 9.78 Å². The van der Waals surface area contributed by atoms with Crippen LogP contribution < -0.4 is 0 Å². The summed E-state index contributed by atoms with van der Waals surface area (Å²) in [6.07, 6.45) is 4.73. The van der Waals surface area contributed by atoms with Crippen molar-refractivity contribution in [2.75, 3.05) is 19.7 Å². The van der Waals surface area contributed by atoms with E-state index in [-0.39, 0.29) is 11.7 Å². The molecule has 0 radical (unpaired) electrons. The normalized spacial score (nSPS) is 22.7. The summed E-state index contributed by atoms with van der Waals surface area (Å²) in [5.41, 5.74) is 1.07. The molecule has 2 saturated heterocycles. The molecule has 0 aromatic carbocycles. The van der Waals surface area contributed by atoms with Crippen molar-refractivity contribution in [3.05, 3.63) is 30.1 Å². The lowest BCUT2D eigenvalue weighted by atomic mass is 9.88. The van der Waals surface area contributed by atoms with E-state index in [2.05, 4.69) is 4.98 Å². The van der Waals surface area contributed by atoms with Gasteiger partial charge in [0.15, 0.2) is 0 Å². The van der Waals surface area contributed by atoms with Crippen LogP contribution in [-0.4, -0.2) is 64.4 Å². The van der Waals surface area contributed by atoms with E-state index in [9.17, 15) is 18.0 Å². The van der Waals surface area contributed by atoms with E-state index in [0.717, 1.165) is 44.3 Å². The molecule has 10 heteroatoms. The van der Waals surface area contributed by atoms with E-state index in [1.807, 2.05) is 17.0 Å². The van der Waals surface area contributed by atoms with E-state index in [4.69, 9.17) is 19.4 Å². The highest BCUT2D eigenvalue weighted by Crippen LogP contribution is 2.38. The number of carbonyl (C=O) groups is 2. The largest absolute Gasteiger partial charge is 0.490 e. The molecule has 31 heavy (non-hydrogen) atoms. The van der Waals surface area contributed by atoms with E-state index in [1.165, 1.54) is 12.8 Å². The average Bonchev–Trinajstić information content (AvgIpc) is 3.47. The third-order valence-electron chi connectivity index (χ3n) is 5.84. The SMILES string of the molecule is O=C(CC1CC1)N1CCC2(CC1)CC(OCc1ccncc1)CO2.O=C(O)C(F)(F)F. The number of rotatable bonds is 5. The molecule has 1 aromatic heterocycles. The summed E-state index contributed by atoms with van der Waals surface area (Å²) >= 11 is 0. The molecule has 4 rings (SSSR count). The maximum atomic E-state index is 12.2. The number of nitrogens with zero attached hydrogens (tertiary/aromatic N) is 2. The van der Waals surface area contributed by atoms with Gasteiger partial charge in [0.2, 0.25) is 5.91 Å². The van der Waals surface area contributed by atoms with Gasteiger partial charge in [-0.15, -0.1) is 0 Å². The molecular formula is C21H27F3N2O5. The fourth-order valence-electron chi connectivity index (χ4n) is 3.81. The van der Waals surface area contributed by atoms with Gasteiger partial charge < -0.3 is 19.5 Å². The van der Waals surface area contributed by atoms with Crippen LogP contribution in [0.4, 0.5) is 13.2 Å². The molecule has 1 atom stereocenters. The van der Waals surface area contributed by atoms with E-state index in [0.29, 0.717) is 25.0 Å². The highest BCUT2D eigenvalue weighted by molar-refractivity contribution is 5.76. The lowest BCUT2D eigenvalue weighted by molar-refractivity contribution is -0.192. The number of piperidine rings is 1. The number of amides is 1. The maximum absolute atomic E-state index is 12.2. The molecule has 0 bridgehead atoms. The third-order valence-corrected chi connectivity index (χ3v) is 5.84. The first-order chi connectivity index (χ1) is 14.7. The Bertz CT molecular complexity index is 747. The van der Waals surface area contributed by atoms with Crippen LogP contribution in [0.2, 0.25) is 0 Å². The zero-order chi connectivity index (χ0) is 22.5. The molecule has 3 aliphatic rings. The van der Waals surface area contributed by atoms with Crippen molar-refractivity contribution in [2.24, 2.45) is 5.92 Å². The quantitative estimate of drug-likeness (QED) is 0.751. The van der Waals surface area contributed by atoms with Crippen LogP contribution in [0.1, 0.15) is 44.1 Å². The summed E-state index contributed by atoms with van der Waals surface area (Å²) in [4.78, 5) is 27.2. The number of ether oxygens (including phenoxy) is 2. The van der Waals surface area contributed by atoms with E-state index >= 15 is 0 Å². The number of hydrogen-bond donors (Lipinski definition) is 1. The zero-order valence-corrected chi connectivity index (χ0v) is 17.1. The Labute approximate surface area is 178 Å².